The number of aliphatic imine (C=N–C) groups is 1. The average Bonchev–Trinajstić information content (AvgIpc) is 3.57. The SMILES string of the molecule is CC(=O)OC(C)C(=O)OC(C)C(=O)OC(C)C(=O)OC(C)C(=O)OC(C)C(=O)OC(C)C(=O)N1CCN=C1N(C(C)=O)c1ccc2nccnc2c1Br. The van der Waals surface area contributed by atoms with E-state index in [0.717, 1.165) is 27.7 Å². The summed E-state index contributed by atoms with van der Waals surface area (Å²) in [6.45, 7) is 9.72. The third-order valence-corrected chi connectivity index (χ3v) is 8.00. The Kier molecular flexibility index (Phi) is 14.5. The van der Waals surface area contributed by atoms with E-state index in [2.05, 4.69) is 35.6 Å². The molecule has 0 N–H and O–H groups in total. The van der Waals surface area contributed by atoms with Gasteiger partial charge in [-0.2, -0.15) is 0 Å². The highest BCUT2D eigenvalue weighted by molar-refractivity contribution is 9.10. The van der Waals surface area contributed by atoms with E-state index in [-0.39, 0.29) is 19.0 Å². The number of hydrogen-bond donors (Lipinski definition) is 0. The molecule has 286 valence electrons. The first-order valence-corrected chi connectivity index (χ1v) is 16.9. The predicted molar refractivity (Wildman–Crippen MR) is 183 cm³/mol. The smallest absolute Gasteiger partial charge is 0.347 e. The van der Waals surface area contributed by atoms with Crippen LogP contribution in [0.4, 0.5) is 5.69 Å². The maximum atomic E-state index is 13.5. The van der Waals surface area contributed by atoms with Crippen LogP contribution in [0.15, 0.2) is 34.0 Å². The molecule has 1 aliphatic heterocycles. The van der Waals surface area contributed by atoms with Gasteiger partial charge in [-0.15, -0.1) is 0 Å². The zero-order valence-electron chi connectivity index (χ0n) is 30.0. The number of rotatable bonds is 13. The van der Waals surface area contributed by atoms with Crippen LogP contribution >= 0.6 is 15.9 Å². The van der Waals surface area contributed by atoms with Crippen LogP contribution < -0.4 is 4.90 Å². The fourth-order valence-corrected chi connectivity index (χ4v) is 5.14. The first-order valence-electron chi connectivity index (χ1n) is 16.1. The molecule has 19 nitrogen and oxygen atoms in total. The van der Waals surface area contributed by atoms with Crippen molar-refractivity contribution in [3.63, 3.8) is 0 Å². The number of carbonyl (C=O) groups excluding carboxylic acids is 8. The Morgan fingerprint density at radius 3 is 1.55 bits per heavy atom. The summed E-state index contributed by atoms with van der Waals surface area (Å²) >= 11 is 3.47. The maximum absolute atomic E-state index is 13.5. The fourth-order valence-electron chi connectivity index (χ4n) is 4.53. The molecule has 0 aliphatic carbocycles. The number of fused-ring (bicyclic) bond motifs is 1. The van der Waals surface area contributed by atoms with Gasteiger partial charge in [-0.1, -0.05) is 0 Å². The molecule has 53 heavy (non-hydrogen) atoms. The number of hydrogen-bond acceptors (Lipinski definition) is 17. The van der Waals surface area contributed by atoms with Gasteiger partial charge in [0.05, 0.1) is 22.2 Å². The van der Waals surface area contributed by atoms with Gasteiger partial charge in [0.25, 0.3) is 5.91 Å². The molecule has 0 saturated heterocycles. The summed E-state index contributed by atoms with van der Waals surface area (Å²) in [6.07, 6.45) is -5.89. The minimum atomic E-state index is -1.58. The number of halogens is 1. The molecule has 6 atom stereocenters. The molecular formula is C33H38BrN5O14. The third kappa shape index (κ3) is 10.7. The highest BCUT2D eigenvalue weighted by Crippen LogP contribution is 2.33. The van der Waals surface area contributed by atoms with Crippen molar-refractivity contribution in [3.8, 4) is 0 Å². The molecule has 3 rings (SSSR count). The van der Waals surface area contributed by atoms with Gasteiger partial charge in [0.1, 0.15) is 5.52 Å². The van der Waals surface area contributed by atoms with E-state index >= 15 is 0 Å². The normalized spacial score (nSPS) is 15.7. The van der Waals surface area contributed by atoms with Crippen molar-refractivity contribution in [3.05, 3.63) is 29.0 Å². The monoisotopic (exact) mass is 807 g/mol. The van der Waals surface area contributed by atoms with Gasteiger partial charge >= 0.3 is 35.8 Å². The maximum Gasteiger partial charge on any atom is 0.347 e. The molecule has 0 saturated carbocycles. The van der Waals surface area contributed by atoms with E-state index in [0.29, 0.717) is 21.2 Å². The van der Waals surface area contributed by atoms with Crippen molar-refractivity contribution in [1.29, 1.82) is 0 Å². The van der Waals surface area contributed by atoms with Crippen molar-refractivity contribution in [2.75, 3.05) is 18.0 Å². The number of benzene rings is 1. The Bertz CT molecular complexity index is 1820. The van der Waals surface area contributed by atoms with Gasteiger partial charge in [0, 0.05) is 32.8 Å². The van der Waals surface area contributed by atoms with Crippen LogP contribution in [0.3, 0.4) is 0 Å². The van der Waals surface area contributed by atoms with E-state index in [1.54, 1.807) is 12.1 Å². The van der Waals surface area contributed by atoms with Gasteiger partial charge in [0.15, 0.2) is 36.6 Å². The second-order valence-corrected chi connectivity index (χ2v) is 12.3. The van der Waals surface area contributed by atoms with Crippen molar-refractivity contribution in [2.45, 2.75) is 92.0 Å². The third-order valence-electron chi connectivity index (χ3n) is 7.21. The Hall–Kier alpha value is -5.53. The van der Waals surface area contributed by atoms with E-state index in [1.165, 1.54) is 49.9 Å². The molecule has 2 heterocycles. The molecule has 1 aromatic heterocycles. The van der Waals surface area contributed by atoms with Crippen LogP contribution in [0.25, 0.3) is 11.0 Å². The second kappa shape index (κ2) is 18.3. The summed E-state index contributed by atoms with van der Waals surface area (Å²) in [5.74, 6) is -7.54. The average molecular weight is 809 g/mol. The molecule has 1 aliphatic rings. The van der Waals surface area contributed by atoms with Crippen molar-refractivity contribution < 1.29 is 66.8 Å². The lowest BCUT2D eigenvalue weighted by atomic mass is 10.2. The topological polar surface area (TPSA) is 237 Å². The van der Waals surface area contributed by atoms with Gasteiger partial charge < -0.3 is 28.4 Å². The minimum Gasteiger partial charge on any atom is -0.451 e. The highest BCUT2D eigenvalue weighted by atomic mass is 79.9. The first-order chi connectivity index (χ1) is 24.8. The lowest BCUT2D eigenvalue weighted by Crippen LogP contribution is -2.51. The largest absolute Gasteiger partial charge is 0.451 e. The summed E-state index contributed by atoms with van der Waals surface area (Å²) < 4.78 is 30.2. The van der Waals surface area contributed by atoms with Crippen LogP contribution in [0, 0.1) is 0 Å². The number of ether oxygens (including phenoxy) is 6. The summed E-state index contributed by atoms with van der Waals surface area (Å²) in [6, 6.07) is 3.28. The number of aromatic nitrogens is 2. The molecule has 6 unspecified atom stereocenters. The summed E-state index contributed by atoms with van der Waals surface area (Å²) in [7, 11) is 0. The Morgan fingerprint density at radius 2 is 1.09 bits per heavy atom. The zero-order chi connectivity index (χ0) is 39.7. The zero-order valence-corrected chi connectivity index (χ0v) is 31.6. The number of guanidine groups is 1. The molecule has 0 spiro atoms. The van der Waals surface area contributed by atoms with Gasteiger partial charge in [-0.3, -0.25) is 34.2 Å². The standard InChI is InChI=1S/C33H38BrN5O14/c1-15(27(42)38-14-13-37-33(38)39(21(7)40)24-10-9-23-26(25(24)34)36-12-11-35-23)49-29(44)17(3)51-31(46)19(5)53-32(47)20(6)52-30(45)18(4)50-28(43)16(2)48-22(8)41/h9-12,15-20H,13-14H2,1-8H3. The van der Waals surface area contributed by atoms with Gasteiger partial charge in [0.2, 0.25) is 11.9 Å². The van der Waals surface area contributed by atoms with E-state index in [9.17, 15) is 38.4 Å². The summed E-state index contributed by atoms with van der Waals surface area (Å²) in [5.41, 5.74) is 1.38. The van der Waals surface area contributed by atoms with Crippen LogP contribution in [0.1, 0.15) is 55.4 Å². The van der Waals surface area contributed by atoms with Crippen molar-refractivity contribution in [1.82, 2.24) is 14.9 Å². The first kappa shape index (κ1) is 41.9. The Balaban J connectivity index is 1.54. The van der Waals surface area contributed by atoms with Crippen LogP contribution in [-0.2, 0) is 66.8 Å². The lowest BCUT2D eigenvalue weighted by molar-refractivity contribution is -0.187. The molecule has 2 amide bonds. The summed E-state index contributed by atoms with van der Waals surface area (Å²) in [5, 5.41) is 0. The quantitative estimate of drug-likeness (QED) is 0.206. The molecule has 2 aromatic rings. The Labute approximate surface area is 311 Å². The lowest BCUT2D eigenvalue weighted by Gasteiger charge is -2.29. The summed E-state index contributed by atoms with van der Waals surface area (Å²) in [4.78, 5) is 115. The second-order valence-electron chi connectivity index (χ2n) is 11.5. The van der Waals surface area contributed by atoms with Crippen molar-refractivity contribution >= 4 is 86.2 Å². The van der Waals surface area contributed by atoms with Crippen LogP contribution in [0.2, 0.25) is 0 Å². The van der Waals surface area contributed by atoms with Crippen LogP contribution in [0.5, 0.6) is 0 Å². The number of carbonyl (C=O) groups is 8. The van der Waals surface area contributed by atoms with Crippen molar-refractivity contribution in [2.24, 2.45) is 4.99 Å². The molecule has 0 radical (unpaired) electrons. The fraction of sp³-hybridized carbons (Fsp3) is 0.485. The molecule has 20 heteroatoms. The van der Waals surface area contributed by atoms with Crippen LogP contribution in [-0.4, -0.2) is 118 Å². The van der Waals surface area contributed by atoms with E-state index in [1.807, 2.05) is 0 Å². The van der Waals surface area contributed by atoms with E-state index in [4.69, 9.17) is 23.7 Å². The number of nitrogens with zero attached hydrogens (tertiary/aromatic N) is 5. The molecule has 1 aromatic carbocycles. The molecular weight excluding hydrogens is 770 g/mol. The highest BCUT2D eigenvalue weighted by Gasteiger charge is 2.37. The molecule has 0 fully saturated rings. The number of esters is 6. The number of anilines is 1. The predicted octanol–water partition coefficient (Wildman–Crippen LogP) is 1.55. The molecule has 0 bridgehead atoms. The minimum absolute atomic E-state index is 0.00583. The van der Waals surface area contributed by atoms with E-state index < -0.39 is 84.3 Å². The van der Waals surface area contributed by atoms with Gasteiger partial charge in [-0.05, 0) is 69.6 Å². The Morgan fingerprint density at radius 1 is 0.660 bits per heavy atom. The van der Waals surface area contributed by atoms with Gasteiger partial charge in [-0.25, -0.2) is 28.9 Å². The number of amides is 2.